The highest BCUT2D eigenvalue weighted by atomic mass is 35.5. The van der Waals surface area contributed by atoms with Crippen LogP contribution in [0.5, 0.6) is 5.75 Å². The molecule has 0 saturated heterocycles. The highest BCUT2D eigenvalue weighted by molar-refractivity contribution is 6.69. The minimum absolute atomic E-state index is 0.0210. The average Bonchev–Trinajstić information content (AvgIpc) is 2.25. The molecule has 0 aliphatic rings. The molecule has 1 N–H and O–H groups in total. The standard InChI is InChI=1S/C11H13ClFNO2/c1-7(2)6-16-9-5-3-4-8(13)10(9)11(12)14-15/h3-5,7,15H,6H2,1-2H3/b14-11-. The summed E-state index contributed by atoms with van der Waals surface area (Å²) < 4.78 is 18.8. The SMILES string of the molecule is CC(C)COc1cccc(F)c1/C(Cl)=N/O. The molecule has 16 heavy (non-hydrogen) atoms. The normalized spacial score (nSPS) is 11.9. The molecule has 0 bridgehead atoms. The fourth-order valence-electron chi connectivity index (χ4n) is 1.13. The van der Waals surface area contributed by atoms with Gasteiger partial charge in [-0.05, 0) is 18.1 Å². The Kier molecular flexibility index (Phi) is 4.55. The molecule has 0 unspecified atom stereocenters. The second-order valence-corrected chi connectivity index (χ2v) is 4.07. The second kappa shape index (κ2) is 5.70. The van der Waals surface area contributed by atoms with Crippen LogP contribution in [0.1, 0.15) is 19.4 Å². The summed E-state index contributed by atoms with van der Waals surface area (Å²) >= 11 is 5.60. The van der Waals surface area contributed by atoms with Crippen molar-refractivity contribution in [3.05, 3.63) is 29.6 Å². The van der Waals surface area contributed by atoms with Crippen molar-refractivity contribution >= 4 is 16.8 Å². The van der Waals surface area contributed by atoms with E-state index in [1.54, 1.807) is 6.07 Å². The van der Waals surface area contributed by atoms with E-state index in [-0.39, 0.29) is 16.5 Å². The van der Waals surface area contributed by atoms with E-state index >= 15 is 0 Å². The van der Waals surface area contributed by atoms with Gasteiger partial charge in [-0.25, -0.2) is 4.39 Å². The summed E-state index contributed by atoms with van der Waals surface area (Å²) in [4.78, 5) is 0. The van der Waals surface area contributed by atoms with Crippen LogP contribution in [0.4, 0.5) is 4.39 Å². The van der Waals surface area contributed by atoms with Gasteiger partial charge in [-0.2, -0.15) is 0 Å². The molecule has 5 heteroatoms. The summed E-state index contributed by atoms with van der Waals surface area (Å²) in [5, 5.41) is 11.0. The average molecular weight is 246 g/mol. The van der Waals surface area contributed by atoms with Gasteiger partial charge in [0.15, 0.2) is 5.17 Å². The molecular weight excluding hydrogens is 233 g/mol. The van der Waals surface area contributed by atoms with E-state index in [1.807, 2.05) is 13.8 Å². The molecule has 0 amide bonds. The van der Waals surface area contributed by atoms with Crippen molar-refractivity contribution in [2.45, 2.75) is 13.8 Å². The topological polar surface area (TPSA) is 41.8 Å². The lowest BCUT2D eigenvalue weighted by molar-refractivity contribution is 0.269. The van der Waals surface area contributed by atoms with Crippen LogP contribution in [-0.2, 0) is 0 Å². The van der Waals surface area contributed by atoms with Gasteiger partial charge in [-0.3, -0.25) is 0 Å². The van der Waals surface area contributed by atoms with Crippen LogP contribution in [0.15, 0.2) is 23.4 Å². The lowest BCUT2D eigenvalue weighted by Crippen LogP contribution is -2.08. The Bertz CT molecular complexity index is 394. The first-order valence-corrected chi connectivity index (χ1v) is 5.23. The Morgan fingerprint density at radius 3 is 2.81 bits per heavy atom. The predicted octanol–water partition coefficient (Wildman–Crippen LogP) is 3.24. The zero-order valence-electron chi connectivity index (χ0n) is 9.08. The number of hydrogen-bond acceptors (Lipinski definition) is 3. The molecule has 1 rings (SSSR count). The van der Waals surface area contributed by atoms with Crippen molar-refractivity contribution in [1.29, 1.82) is 0 Å². The highest BCUT2D eigenvalue weighted by Crippen LogP contribution is 2.24. The molecular formula is C11H13ClFNO2. The fraction of sp³-hybridized carbons (Fsp3) is 0.364. The van der Waals surface area contributed by atoms with E-state index in [4.69, 9.17) is 21.5 Å². The molecule has 0 aliphatic carbocycles. The van der Waals surface area contributed by atoms with Crippen molar-refractivity contribution < 1.29 is 14.3 Å². The summed E-state index contributed by atoms with van der Waals surface area (Å²) in [5.74, 6) is 0.00140. The van der Waals surface area contributed by atoms with E-state index in [0.29, 0.717) is 12.5 Å². The molecule has 0 atom stereocenters. The van der Waals surface area contributed by atoms with Crippen molar-refractivity contribution in [2.24, 2.45) is 11.1 Å². The second-order valence-electron chi connectivity index (χ2n) is 3.71. The minimum atomic E-state index is -0.580. The summed E-state index contributed by atoms with van der Waals surface area (Å²) in [6.45, 7) is 4.38. The Hall–Kier alpha value is -1.29. The van der Waals surface area contributed by atoms with Crippen LogP contribution >= 0.6 is 11.6 Å². The van der Waals surface area contributed by atoms with E-state index in [1.165, 1.54) is 12.1 Å². The Balaban J connectivity index is 3.03. The molecule has 0 saturated carbocycles. The fourth-order valence-corrected chi connectivity index (χ4v) is 1.31. The number of nitrogens with zero attached hydrogens (tertiary/aromatic N) is 1. The third-order valence-electron chi connectivity index (χ3n) is 1.84. The maximum absolute atomic E-state index is 13.5. The van der Waals surface area contributed by atoms with Crippen molar-refractivity contribution in [1.82, 2.24) is 0 Å². The van der Waals surface area contributed by atoms with E-state index in [9.17, 15) is 4.39 Å². The first kappa shape index (κ1) is 12.8. The summed E-state index contributed by atoms with van der Waals surface area (Å²) in [5.41, 5.74) is -0.0210. The molecule has 3 nitrogen and oxygen atoms in total. The molecule has 0 spiro atoms. The number of benzene rings is 1. The van der Waals surface area contributed by atoms with Gasteiger partial charge in [0.05, 0.1) is 12.2 Å². The lowest BCUT2D eigenvalue weighted by Gasteiger charge is -2.12. The molecule has 0 aliphatic heterocycles. The maximum atomic E-state index is 13.5. The van der Waals surface area contributed by atoms with Gasteiger partial charge in [0, 0.05) is 0 Å². The first-order valence-electron chi connectivity index (χ1n) is 4.85. The van der Waals surface area contributed by atoms with Gasteiger partial charge in [0.1, 0.15) is 11.6 Å². The Labute approximate surface area is 98.5 Å². The van der Waals surface area contributed by atoms with Crippen LogP contribution in [0, 0.1) is 11.7 Å². The zero-order valence-corrected chi connectivity index (χ0v) is 9.83. The molecule has 1 aromatic rings. The van der Waals surface area contributed by atoms with Crippen LogP contribution in [0.3, 0.4) is 0 Å². The van der Waals surface area contributed by atoms with Crippen LogP contribution < -0.4 is 4.74 Å². The number of ether oxygens (including phenoxy) is 1. The molecule has 0 radical (unpaired) electrons. The summed E-state index contributed by atoms with van der Waals surface area (Å²) in [6, 6.07) is 4.31. The van der Waals surface area contributed by atoms with Crippen LogP contribution in [0.25, 0.3) is 0 Å². The maximum Gasteiger partial charge on any atom is 0.182 e. The summed E-state index contributed by atoms with van der Waals surface area (Å²) in [6.07, 6.45) is 0. The number of rotatable bonds is 4. The van der Waals surface area contributed by atoms with E-state index < -0.39 is 5.82 Å². The first-order chi connectivity index (χ1) is 7.56. The Morgan fingerprint density at radius 2 is 2.25 bits per heavy atom. The monoisotopic (exact) mass is 245 g/mol. The van der Waals surface area contributed by atoms with Crippen molar-refractivity contribution in [3.63, 3.8) is 0 Å². The molecule has 0 fully saturated rings. The van der Waals surface area contributed by atoms with E-state index in [2.05, 4.69) is 5.16 Å². The minimum Gasteiger partial charge on any atom is -0.492 e. The number of hydrogen-bond donors (Lipinski definition) is 1. The molecule has 0 heterocycles. The van der Waals surface area contributed by atoms with Gasteiger partial charge >= 0.3 is 0 Å². The smallest absolute Gasteiger partial charge is 0.182 e. The third-order valence-corrected chi connectivity index (χ3v) is 2.11. The van der Waals surface area contributed by atoms with Gasteiger partial charge < -0.3 is 9.94 Å². The zero-order chi connectivity index (χ0) is 12.1. The quantitative estimate of drug-likeness (QED) is 0.503. The number of halogens is 2. The van der Waals surface area contributed by atoms with Crippen molar-refractivity contribution in [3.8, 4) is 5.75 Å². The summed E-state index contributed by atoms with van der Waals surface area (Å²) in [7, 11) is 0. The van der Waals surface area contributed by atoms with Gasteiger partial charge in [-0.1, -0.05) is 36.7 Å². The van der Waals surface area contributed by atoms with Gasteiger partial charge in [0.25, 0.3) is 0 Å². The van der Waals surface area contributed by atoms with E-state index in [0.717, 1.165) is 0 Å². The third kappa shape index (κ3) is 3.10. The van der Waals surface area contributed by atoms with Crippen LogP contribution in [-0.4, -0.2) is 17.0 Å². The molecule has 1 aromatic carbocycles. The van der Waals surface area contributed by atoms with Gasteiger partial charge in [0.2, 0.25) is 0 Å². The van der Waals surface area contributed by atoms with Crippen molar-refractivity contribution in [2.75, 3.05) is 6.61 Å². The highest BCUT2D eigenvalue weighted by Gasteiger charge is 2.15. The largest absolute Gasteiger partial charge is 0.492 e. The van der Waals surface area contributed by atoms with Crippen LogP contribution in [0.2, 0.25) is 0 Å². The Morgan fingerprint density at radius 1 is 1.56 bits per heavy atom. The predicted molar refractivity (Wildman–Crippen MR) is 60.9 cm³/mol. The number of oxime groups is 1. The lowest BCUT2D eigenvalue weighted by atomic mass is 10.2. The molecule has 88 valence electrons. The van der Waals surface area contributed by atoms with Gasteiger partial charge in [-0.15, -0.1) is 0 Å². The molecule has 0 aromatic heterocycles.